The summed E-state index contributed by atoms with van der Waals surface area (Å²) in [5, 5.41) is 13.8. The van der Waals surface area contributed by atoms with Gasteiger partial charge in [-0.25, -0.2) is 4.68 Å². The van der Waals surface area contributed by atoms with E-state index in [1.165, 1.54) is 6.20 Å². The topological polar surface area (TPSA) is 107 Å². The Labute approximate surface area is 232 Å². The van der Waals surface area contributed by atoms with Crippen molar-refractivity contribution in [3.8, 4) is 11.5 Å². The molecule has 1 atom stereocenters. The fourth-order valence-corrected chi connectivity index (χ4v) is 4.92. The molecule has 1 aliphatic rings. The van der Waals surface area contributed by atoms with Crippen molar-refractivity contribution in [2.45, 2.75) is 26.8 Å². The van der Waals surface area contributed by atoms with Gasteiger partial charge in [-0.2, -0.15) is 5.10 Å². The first-order valence-electron chi connectivity index (χ1n) is 12.8. The molecule has 0 saturated heterocycles. The normalized spacial score (nSPS) is 14.2. The Kier molecular flexibility index (Phi) is 7.29. The molecule has 0 aliphatic carbocycles. The summed E-state index contributed by atoms with van der Waals surface area (Å²) in [5.41, 5.74) is 5.43. The molecule has 0 saturated carbocycles. The summed E-state index contributed by atoms with van der Waals surface area (Å²) in [6, 6.07) is 19.7. The van der Waals surface area contributed by atoms with E-state index in [1.54, 1.807) is 31.0 Å². The minimum atomic E-state index is -0.717. The van der Waals surface area contributed by atoms with Crippen molar-refractivity contribution in [3.05, 3.63) is 106 Å². The third-order valence-corrected chi connectivity index (χ3v) is 6.91. The zero-order chi connectivity index (χ0) is 28.4. The summed E-state index contributed by atoms with van der Waals surface area (Å²) in [6.07, 6.45) is 1.50. The Hall–Kier alpha value is -5.05. The zero-order valence-corrected chi connectivity index (χ0v) is 23.0. The maximum absolute atomic E-state index is 13.9. The molecule has 40 heavy (non-hydrogen) atoms. The number of fused-ring (bicyclic) bond motifs is 1. The molecule has 5 rings (SSSR count). The number of nitrogens with one attached hydrogen (secondary N) is 3. The van der Waals surface area contributed by atoms with Crippen LogP contribution in [-0.4, -0.2) is 35.8 Å². The largest absolute Gasteiger partial charge is 0.497 e. The number of benzene rings is 3. The van der Waals surface area contributed by atoms with Crippen LogP contribution in [0.2, 0.25) is 0 Å². The number of ether oxygens (including phenoxy) is 2. The Morgan fingerprint density at radius 1 is 0.900 bits per heavy atom. The summed E-state index contributed by atoms with van der Waals surface area (Å²) >= 11 is 0. The van der Waals surface area contributed by atoms with Crippen molar-refractivity contribution in [3.63, 3.8) is 0 Å². The zero-order valence-electron chi connectivity index (χ0n) is 23.0. The summed E-state index contributed by atoms with van der Waals surface area (Å²) in [7, 11) is 3.15. The van der Waals surface area contributed by atoms with Crippen LogP contribution in [0.3, 0.4) is 0 Å². The van der Waals surface area contributed by atoms with Crippen LogP contribution in [0.4, 0.5) is 17.2 Å². The molecule has 0 fully saturated rings. The van der Waals surface area contributed by atoms with E-state index in [-0.39, 0.29) is 11.8 Å². The van der Waals surface area contributed by atoms with E-state index in [4.69, 9.17) is 9.47 Å². The highest BCUT2D eigenvalue weighted by Gasteiger charge is 2.37. The molecule has 204 valence electrons. The second-order valence-corrected chi connectivity index (χ2v) is 9.62. The number of methoxy groups -OCH3 is 2. The number of para-hydroxylation sites is 1. The number of carbonyl (C=O) groups is 2. The number of aryl methyl sites for hydroxylation is 2. The predicted molar refractivity (Wildman–Crippen MR) is 155 cm³/mol. The van der Waals surface area contributed by atoms with Crippen LogP contribution in [0.1, 0.15) is 40.0 Å². The highest BCUT2D eigenvalue weighted by molar-refractivity contribution is 6.09. The van der Waals surface area contributed by atoms with Crippen molar-refractivity contribution >= 4 is 29.0 Å². The second-order valence-electron chi connectivity index (χ2n) is 9.62. The van der Waals surface area contributed by atoms with Gasteiger partial charge < -0.3 is 25.4 Å². The lowest BCUT2D eigenvalue weighted by Crippen LogP contribution is -2.32. The van der Waals surface area contributed by atoms with Gasteiger partial charge in [-0.05, 0) is 62.7 Å². The quantitative estimate of drug-likeness (QED) is 0.279. The van der Waals surface area contributed by atoms with Gasteiger partial charge in [-0.15, -0.1) is 0 Å². The van der Waals surface area contributed by atoms with Gasteiger partial charge >= 0.3 is 0 Å². The summed E-state index contributed by atoms with van der Waals surface area (Å²) in [6.45, 7) is 5.77. The van der Waals surface area contributed by atoms with E-state index >= 15 is 0 Å². The molecule has 0 unspecified atom stereocenters. The van der Waals surface area contributed by atoms with Gasteiger partial charge in [0.1, 0.15) is 28.9 Å². The molecular formula is C31H31N5O4. The van der Waals surface area contributed by atoms with Crippen LogP contribution < -0.4 is 25.4 Å². The number of aromatic nitrogens is 2. The first-order valence-corrected chi connectivity index (χ1v) is 12.8. The van der Waals surface area contributed by atoms with Gasteiger partial charge in [0.25, 0.3) is 11.8 Å². The third-order valence-electron chi connectivity index (χ3n) is 6.91. The van der Waals surface area contributed by atoms with Gasteiger partial charge in [0.2, 0.25) is 0 Å². The molecule has 3 aromatic carbocycles. The number of nitrogens with zero attached hydrogens (tertiary/aromatic N) is 2. The van der Waals surface area contributed by atoms with Crippen LogP contribution >= 0.6 is 0 Å². The smallest absolute Gasteiger partial charge is 0.261 e. The molecule has 0 radical (unpaired) electrons. The average molecular weight is 538 g/mol. The summed E-state index contributed by atoms with van der Waals surface area (Å²) in [4.78, 5) is 27.2. The van der Waals surface area contributed by atoms with Crippen molar-refractivity contribution in [2.24, 2.45) is 0 Å². The number of hydrogen-bond acceptors (Lipinski definition) is 6. The molecule has 9 nitrogen and oxygen atoms in total. The van der Waals surface area contributed by atoms with Crippen LogP contribution in [0.5, 0.6) is 11.5 Å². The van der Waals surface area contributed by atoms with E-state index in [0.29, 0.717) is 51.1 Å². The minimum Gasteiger partial charge on any atom is -0.497 e. The van der Waals surface area contributed by atoms with E-state index in [0.717, 1.165) is 11.1 Å². The Morgan fingerprint density at radius 2 is 1.68 bits per heavy atom. The first kappa shape index (κ1) is 26.6. The molecule has 1 aromatic heterocycles. The number of allylic oxidation sites excluding steroid dienone is 1. The minimum absolute atomic E-state index is 0.303. The number of anilines is 3. The monoisotopic (exact) mass is 537 g/mol. The highest BCUT2D eigenvalue weighted by Crippen LogP contribution is 2.42. The standard InChI is InChI=1S/C31H31N5O4/c1-18-11-13-25(19(2)15-18)35-31(38)27-20(3)33-29-24(30(37)34-21-9-7-6-8-10-21)17-32-36(29)28(27)23-16-22(39-4)12-14-26(23)40-5/h6-17,28,33H,1-5H3,(H,34,37)(H,35,38)/t28-/m0/s1. The molecule has 2 heterocycles. The van der Waals surface area contributed by atoms with Gasteiger partial charge in [0.05, 0.1) is 26.0 Å². The molecule has 0 spiro atoms. The van der Waals surface area contributed by atoms with Crippen molar-refractivity contribution in [2.75, 3.05) is 30.2 Å². The molecule has 4 aromatic rings. The second kappa shape index (κ2) is 11.0. The maximum atomic E-state index is 13.9. The molecule has 0 bridgehead atoms. The Balaban J connectivity index is 1.61. The van der Waals surface area contributed by atoms with Gasteiger partial charge in [-0.3, -0.25) is 9.59 Å². The fraction of sp³-hybridized carbons (Fsp3) is 0.194. The molecule has 3 N–H and O–H groups in total. The van der Waals surface area contributed by atoms with Crippen LogP contribution in [-0.2, 0) is 4.79 Å². The lowest BCUT2D eigenvalue weighted by atomic mass is 9.93. The van der Waals surface area contributed by atoms with Gasteiger partial charge in [0, 0.05) is 22.6 Å². The van der Waals surface area contributed by atoms with E-state index in [1.807, 2.05) is 75.4 Å². The van der Waals surface area contributed by atoms with Gasteiger partial charge in [0.15, 0.2) is 0 Å². The number of amides is 2. The average Bonchev–Trinajstić information content (AvgIpc) is 3.37. The Bertz CT molecular complexity index is 1620. The highest BCUT2D eigenvalue weighted by atomic mass is 16.5. The van der Waals surface area contributed by atoms with Crippen molar-refractivity contribution < 1.29 is 19.1 Å². The Morgan fingerprint density at radius 3 is 2.38 bits per heavy atom. The molecule has 1 aliphatic heterocycles. The first-order chi connectivity index (χ1) is 19.3. The molecule has 2 amide bonds. The lowest BCUT2D eigenvalue weighted by Gasteiger charge is -2.31. The number of hydrogen-bond donors (Lipinski definition) is 3. The summed E-state index contributed by atoms with van der Waals surface area (Å²) < 4.78 is 12.9. The molecule has 9 heteroatoms. The van der Waals surface area contributed by atoms with Crippen molar-refractivity contribution in [1.82, 2.24) is 9.78 Å². The van der Waals surface area contributed by atoms with Crippen molar-refractivity contribution in [1.29, 1.82) is 0 Å². The van der Waals surface area contributed by atoms with E-state index < -0.39 is 6.04 Å². The van der Waals surface area contributed by atoms with Crippen LogP contribution in [0.15, 0.2) is 84.2 Å². The summed E-state index contributed by atoms with van der Waals surface area (Å²) in [5.74, 6) is 0.977. The van der Waals surface area contributed by atoms with E-state index in [9.17, 15) is 9.59 Å². The SMILES string of the molecule is COc1ccc(OC)c([C@H]2C(C(=O)Nc3ccc(C)cc3C)=C(C)Nc3c(C(=O)Nc4ccccc4)cnn32)c1. The van der Waals surface area contributed by atoms with Crippen LogP contribution in [0, 0.1) is 13.8 Å². The van der Waals surface area contributed by atoms with Crippen LogP contribution in [0.25, 0.3) is 0 Å². The molecular weight excluding hydrogens is 506 g/mol. The van der Waals surface area contributed by atoms with Gasteiger partial charge in [-0.1, -0.05) is 35.9 Å². The predicted octanol–water partition coefficient (Wildman–Crippen LogP) is 5.70. The lowest BCUT2D eigenvalue weighted by molar-refractivity contribution is -0.113. The number of carbonyl (C=O) groups excluding carboxylic acids is 2. The number of rotatable bonds is 7. The third kappa shape index (κ3) is 5.01. The fourth-order valence-electron chi connectivity index (χ4n) is 4.92. The maximum Gasteiger partial charge on any atom is 0.261 e. The van der Waals surface area contributed by atoms with E-state index in [2.05, 4.69) is 21.0 Å².